The number of aryl methyl sites for hydroxylation is 1. The lowest BCUT2D eigenvalue weighted by atomic mass is 10.1. The minimum atomic E-state index is -0.366. The number of halogens is 1. The van der Waals surface area contributed by atoms with Gasteiger partial charge >= 0.3 is 0 Å². The van der Waals surface area contributed by atoms with Gasteiger partial charge in [0.05, 0.1) is 6.10 Å². The van der Waals surface area contributed by atoms with Crippen molar-refractivity contribution in [2.75, 3.05) is 26.7 Å². The molecule has 0 bridgehead atoms. The minimum absolute atomic E-state index is 0.162. The Bertz CT molecular complexity index is 371. The molecule has 3 nitrogen and oxygen atoms in total. The lowest BCUT2D eigenvalue weighted by Crippen LogP contribution is -2.32. The quantitative estimate of drug-likeness (QED) is 0.771. The van der Waals surface area contributed by atoms with Crippen molar-refractivity contribution in [1.29, 1.82) is 0 Å². The molecule has 0 aliphatic rings. The average Bonchev–Trinajstić information content (AvgIpc) is 2.31. The number of hydrogen-bond acceptors (Lipinski definition) is 3. The largest absolute Gasteiger partial charge is 0.392 e. The molecule has 0 saturated heterocycles. The van der Waals surface area contributed by atoms with E-state index in [2.05, 4.69) is 4.90 Å². The monoisotopic (exact) mass is 254 g/mol. The van der Waals surface area contributed by atoms with Gasteiger partial charge in [-0.25, -0.2) is 4.39 Å². The summed E-state index contributed by atoms with van der Waals surface area (Å²) in [6.07, 6.45) is 1.11. The highest BCUT2D eigenvalue weighted by Gasteiger charge is 2.07. The predicted molar refractivity (Wildman–Crippen MR) is 72.0 cm³/mol. The van der Waals surface area contributed by atoms with Crippen molar-refractivity contribution in [2.24, 2.45) is 5.73 Å². The van der Waals surface area contributed by atoms with Crippen molar-refractivity contribution in [3.8, 4) is 0 Å². The van der Waals surface area contributed by atoms with Crippen molar-refractivity contribution in [3.63, 3.8) is 0 Å². The Labute approximate surface area is 108 Å². The number of nitrogens with zero attached hydrogens (tertiary/aromatic N) is 1. The van der Waals surface area contributed by atoms with Crippen LogP contribution in [-0.2, 0) is 6.42 Å². The molecule has 102 valence electrons. The van der Waals surface area contributed by atoms with Gasteiger partial charge in [-0.15, -0.1) is 0 Å². The Morgan fingerprint density at radius 2 is 2.17 bits per heavy atom. The van der Waals surface area contributed by atoms with Gasteiger partial charge in [-0.05, 0) is 50.6 Å². The van der Waals surface area contributed by atoms with Crippen molar-refractivity contribution in [2.45, 2.75) is 25.9 Å². The van der Waals surface area contributed by atoms with Gasteiger partial charge in [0.25, 0.3) is 0 Å². The van der Waals surface area contributed by atoms with Crippen LogP contribution in [0, 0.1) is 12.7 Å². The fourth-order valence-electron chi connectivity index (χ4n) is 1.92. The van der Waals surface area contributed by atoms with Gasteiger partial charge in [-0.1, -0.05) is 12.1 Å². The lowest BCUT2D eigenvalue weighted by molar-refractivity contribution is 0.120. The molecule has 0 radical (unpaired) electrons. The molecule has 0 saturated carbocycles. The highest BCUT2D eigenvalue weighted by Crippen LogP contribution is 2.10. The van der Waals surface area contributed by atoms with Crippen LogP contribution in [0.1, 0.15) is 17.5 Å². The van der Waals surface area contributed by atoms with Crippen molar-refractivity contribution in [1.82, 2.24) is 4.90 Å². The summed E-state index contributed by atoms with van der Waals surface area (Å²) in [6.45, 7) is 3.74. The van der Waals surface area contributed by atoms with Gasteiger partial charge in [-0.3, -0.25) is 0 Å². The second kappa shape index (κ2) is 7.46. The Hall–Kier alpha value is -0.970. The summed E-state index contributed by atoms with van der Waals surface area (Å²) in [7, 11) is 1.97. The Morgan fingerprint density at radius 3 is 2.78 bits per heavy atom. The summed E-state index contributed by atoms with van der Waals surface area (Å²) in [5, 5.41) is 9.63. The number of aliphatic hydroxyl groups is 1. The molecule has 1 atom stereocenters. The molecular formula is C14H23FN2O. The van der Waals surface area contributed by atoms with E-state index in [1.165, 1.54) is 6.07 Å². The lowest BCUT2D eigenvalue weighted by Gasteiger charge is -2.20. The van der Waals surface area contributed by atoms with Crippen LogP contribution >= 0.6 is 0 Å². The molecule has 18 heavy (non-hydrogen) atoms. The van der Waals surface area contributed by atoms with Crippen molar-refractivity contribution in [3.05, 3.63) is 35.1 Å². The zero-order valence-corrected chi connectivity index (χ0v) is 11.2. The third-order valence-corrected chi connectivity index (χ3v) is 3.03. The third-order valence-electron chi connectivity index (χ3n) is 3.03. The smallest absolute Gasteiger partial charge is 0.126 e. The molecule has 0 amide bonds. The van der Waals surface area contributed by atoms with Gasteiger partial charge < -0.3 is 15.7 Å². The zero-order chi connectivity index (χ0) is 13.5. The van der Waals surface area contributed by atoms with Crippen LogP contribution in [-0.4, -0.2) is 42.8 Å². The molecule has 0 aliphatic carbocycles. The highest BCUT2D eigenvalue weighted by molar-refractivity contribution is 5.24. The number of nitrogens with two attached hydrogens (primary N) is 1. The fraction of sp³-hybridized carbons (Fsp3) is 0.571. The van der Waals surface area contributed by atoms with E-state index in [0.29, 0.717) is 25.1 Å². The Balaban J connectivity index is 2.37. The zero-order valence-electron chi connectivity index (χ0n) is 11.2. The molecule has 4 heteroatoms. The second-order valence-corrected chi connectivity index (χ2v) is 4.83. The molecule has 0 heterocycles. The number of likely N-dealkylation sites (N-methyl/N-ethyl adjacent to an activating group) is 1. The standard InChI is InChI=1S/C14H23FN2O/c1-11-9-12(3-4-14(11)15)6-8-17(2)10-13(18)5-7-16/h3-4,9,13,18H,5-8,10,16H2,1-2H3. The average molecular weight is 254 g/mol. The predicted octanol–water partition coefficient (Wildman–Crippen LogP) is 1.32. The number of rotatable bonds is 7. The summed E-state index contributed by atoms with van der Waals surface area (Å²) < 4.78 is 13.1. The first-order chi connectivity index (χ1) is 8.52. The van der Waals surface area contributed by atoms with Crippen LogP contribution in [0.2, 0.25) is 0 Å². The van der Waals surface area contributed by atoms with Crippen molar-refractivity contribution >= 4 is 0 Å². The maximum atomic E-state index is 13.1. The second-order valence-electron chi connectivity index (χ2n) is 4.83. The van der Waals surface area contributed by atoms with E-state index in [4.69, 9.17) is 5.73 Å². The summed E-state index contributed by atoms with van der Waals surface area (Å²) in [5.74, 6) is -0.162. The van der Waals surface area contributed by atoms with E-state index in [1.54, 1.807) is 6.92 Å². The van der Waals surface area contributed by atoms with E-state index >= 15 is 0 Å². The van der Waals surface area contributed by atoms with E-state index in [9.17, 15) is 9.50 Å². The van der Waals surface area contributed by atoms with Crippen LogP contribution in [0.4, 0.5) is 4.39 Å². The minimum Gasteiger partial charge on any atom is -0.392 e. The van der Waals surface area contributed by atoms with Gasteiger partial charge in [-0.2, -0.15) is 0 Å². The van der Waals surface area contributed by atoms with E-state index in [-0.39, 0.29) is 11.9 Å². The first-order valence-corrected chi connectivity index (χ1v) is 6.34. The molecule has 0 aromatic heterocycles. The van der Waals surface area contributed by atoms with Gasteiger partial charge in [0.2, 0.25) is 0 Å². The number of benzene rings is 1. The third kappa shape index (κ3) is 5.12. The van der Waals surface area contributed by atoms with Crippen LogP contribution in [0.25, 0.3) is 0 Å². The molecule has 1 aromatic carbocycles. The van der Waals surface area contributed by atoms with Crippen LogP contribution < -0.4 is 5.73 Å². The fourth-order valence-corrected chi connectivity index (χ4v) is 1.92. The summed E-state index contributed by atoms with van der Waals surface area (Å²) >= 11 is 0. The molecule has 0 aliphatic heterocycles. The summed E-state index contributed by atoms with van der Waals surface area (Å²) in [6, 6.07) is 5.19. The molecule has 0 fully saturated rings. The van der Waals surface area contributed by atoms with E-state index in [0.717, 1.165) is 18.5 Å². The van der Waals surface area contributed by atoms with Gasteiger partial charge in [0.15, 0.2) is 0 Å². The summed E-state index contributed by atoms with van der Waals surface area (Å²) in [5.41, 5.74) is 7.19. The van der Waals surface area contributed by atoms with E-state index in [1.807, 2.05) is 19.2 Å². The molecule has 0 spiro atoms. The van der Waals surface area contributed by atoms with Crippen LogP contribution in [0.3, 0.4) is 0 Å². The van der Waals surface area contributed by atoms with Crippen LogP contribution in [0.15, 0.2) is 18.2 Å². The normalized spacial score (nSPS) is 13.0. The first-order valence-electron chi connectivity index (χ1n) is 6.34. The maximum absolute atomic E-state index is 13.1. The number of hydrogen-bond donors (Lipinski definition) is 2. The summed E-state index contributed by atoms with van der Waals surface area (Å²) in [4.78, 5) is 2.07. The van der Waals surface area contributed by atoms with Gasteiger partial charge in [0, 0.05) is 13.1 Å². The molecule has 1 aromatic rings. The SMILES string of the molecule is Cc1cc(CCN(C)CC(O)CCN)ccc1F. The molecule has 1 rings (SSSR count). The highest BCUT2D eigenvalue weighted by atomic mass is 19.1. The Morgan fingerprint density at radius 1 is 1.44 bits per heavy atom. The van der Waals surface area contributed by atoms with Crippen molar-refractivity contribution < 1.29 is 9.50 Å². The van der Waals surface area contributed by atoms with E-state index < -0.39 is 0 Å². The van der Waals surface area contributed by atoms with Gasteiger partial charge in [0.1, 0.15) is 5.82 Å². The topological polar surface area (TPSA) is 49.5 Å². The molecular weight excluding hydrogens is 231 g/mol. The first kappa shape index (κ1) is 15.1. The molecule has 3 N–H and O–H groups in total. The molecule has 1 unspecified atom stereocenters. The van der Waals surface area contributed by atoms with Crippen LogP contribution in [0.5, 0.6) is 0 Å². The number of aliphatic hydroxyl groups excluding tert-OH is 1. The Kier molecular flexibility index (Phi) is 6.25. The maximum Gasteiger partial charge on any atom is 0.126 e.